The zero-order valence-corrected chi connectivity index (χ0v) is 13.8. The van der Waals surface area contributed by atoms with Gasteiger partial charge in [0, 0.05) is 37.1 Å². The zero-order chi connectivity index (χ0) is 14.2. The summed E-state index contributed by atoms with van der Waals surface area (Å²) in [4.78, 5) is 11.1. The average Bonchev–Trinajstić information content (AvgIpc) is 2.89. The minimum absolute atomic E-state index is 0.683. The van der Waals surface area contributed by atoms with Crippen molar-refractivity contribution < 1.29 is 4.74 Å². The van der Waals surface area contributed by atoms with Gasteiger partial charge in [-0.1, -0.05) is 11.3 Å². The summed E-state index contributed by atoms with van der Waals surface area (Å²) in [6, 6.07) is 7.23. The van der Waals surface area contributed by atoms with Gasteiger partial charge in [0.15, 0.2) is 5.13 Å². The minimum atomic E-state index is 0.683. The van der Waals surface area contributed by atoms with E-state index in [9.17, 15) is 0 Å². The molecule has 0 bridgehead atoms. The first kappa shape index (κ1) is 13.8. The van der Waals surface area contributed by atoms with Crippen molar-refractivity contribution in [3.8, 4) is 0 Å². The van der Waals surface area contributed by atoms with Crippen LogP contribution in [0.1, 0.15) is 0 Å². The molecule has 4 nitrogen and oxygen atoms in total. The van der Waals surface area contributed by atoms with Gasteiger partial charge in [0.05, 0.1) is 23.4 Å². The van der Waals surface area contributed by atoms with E-state index in [1.54, 1.807) is 11.8 Å². The Kier molecular flexibility index (Phi) is 3.79. The summed E-state index contributed by atoms with van der Waals surface area (Å²) in [7, 11) is 0. The predicted molar refractivity (Wildman–Crippen MR) is 89.8 cm³/mol. The highest BCUT2D eigenvalue weighted by atomic mass is 32.2. The molecule has 0 amide bonds. The van der Waals surface area contributed by atoms with Crippen LogP contribution in [0.15, 0.2) is 23.1 Å². The Labute approximate surface area is 133 Å². The van der Waals surface area contributed by atoms with Crippen molar-refractivity contribution in [2.75, 3.05) is 50.5 Å². The fourth-order valence-electron chi connectivity index (χ4n) is 2.94. The highest BCUT2D eigenvalue weighted by Gasteiger charge is 2.34. The van der Waals surface area contributed by atoms with Crippen molar-refractivity contribution >= 4 is 38.4 Å². The van der Waals surface area contributed by atoms with Crippen molar-refractivity contribution in [2.45, 2.75) is 10.9 Å². The van der Waals surface area contributed by atoms with Crippen LogP contribution in [0.2, 0.25) is 0 Å². The van der Waals surface area contributed by atoms with E-state index in [0.717, 1.165) is 44.9 Å². The van der Waals surface area contributed by atoms with Crippen LogP contribution < -0.4 is 4.90 Å². The lowest BCUT2D eigenvalue weighted by atomic mass is 10.1. The number of morpholine rings is 1. The Balaban J connectivity index is 1.45. The van der Waals surface area contributed by atoms with Crippen molar-refractivity contribution in [1.29, 1.82) is 0 Å². The van der Waals surface area contributed by atoms with Crippen LogP contribution in [-0.2, 0) is 4.74 Å². The number of benzene rings is 1. The average molecular weight is 321 g/mol. The Hall–Kier alpha value is -0.820. The monoisotopic (exact) mass is 321 g/mol. The first-order valence-corrected chi connectivity index (χ1v) is 9.39. The number of rotatable bonds is 3. The topological polar surface area (TPSA) is 28.6 Å². The van der Waals surface area contributed by atoms with Gasteiger partial charge < -0.3 is 9.64 Å². The summed E-state index contributed by atoms with van der Waals surface area (Å²) in [5, 5.41) is 1.17. The molecule has 6 heteroatoms. The molecule has 1 aromatic heterocycles. The third kappa shape index (κ3) is 2.65. The van der Waals surface area contributed by atoms with Gasteiger partial charge in [0.2, 0.25) is 0 Å². The van der Waals surface area contributed by atoms with Crippen LogP contribution in [0.25, 0.3) is 10.2 Å². The molecule has 112 valence electrons. The maximum Gasteiger partial charge on any atom is 0.186 e. The number of hydrogen-bond donors (Lipinski definition) is 0. The summed E-state index contributed by atoms with van der Waals surface area (Å²) in [6.07, 6.45) is 2.12. The van der Waals surface area contributed by atoms with Crippen LogP contribution in [0, 0.1) is 0 Å². The van der Waals surface area contributed by atoms with Gasteiger partial charge in [0.25, 0.3) is 0 Å². The molecular formula is C15H19N3OS2. The zero-order valence-electron chi connectivity index (χ0n) is 12.1. The molecule has 0 radical (unpaired) electrons. The van der Waals surface area contributed by atoms with E-state index in [0.29, 0.717) is 6.04 Å². The molecule has 2 saturated heterocycles. The van der Waals surface area contributed by atoms with Gasteiger partial charge in [-0.25, -0.2) is 4.98 Å². The van der Waals surface area contributed by atoms with Gasteiger partial charge in [-0.05, 0) is 24.5 Å². The third-order valence-corrected chi connectivity index (χ3v) is 6.08. The number of anilines is 1. The van der Waals surface area contributed by atoms with Crippen LogP contribution in [0.4, 0.5) is 5.13 Å². The predicted octanol–water partition coefficient (Wildman–Crippen LogP) is 2.54. The van der Waals surface area contributed by atoms with Crippen LogP contribution in [-0.4, -0.2) is 61.6 Å². The number of ether oxygens (including phenoxy) is 1. The molecule has 4 rings (SSSR count). The molecule has 2 aliphatic rings. The lowest BCUT2D eigenvalue weighted by Gasteiger charge is -2.46. The molecule has 2 aliphatic heterocycles. The number of nitrogens with zero attached hydrogens (tertiary/aromatic N) is 3. The molecule has 0 spiro atoms. The Morgan fingerprint density at radius 1 is 1.29 bits per heavy atom. The van der Waals surface area contributed by atoms with Gasteiger partial charge in [-0.2, -0.15) is 0 Å². The summed E-state index contributed by atoms with van der Waals surface area (Å²) in [6.45, 7) is 6.14. The van der Waals surface area contributed by atoms with Gasteiger partial charge in [-0.15, -0.1) is 11.8 Å². The normalized spacial score (nSPS) is 20.9. The molecule has 1 aromatic carbocycles. The second kappa shape index (κ2) is 5.76. The van der Waals surface area contributed by atoms with E-state index in [2.05, 4.69) is 34.3 Å². The van der Waals surface area contributed by atoms with Gasteiger partial charge >= 0.3 is 0 Å². The number of fused-ring (bicyclic) bond motifs is 1. The lowest BCUT2D eigenvalue weighted by molar-refractivity contribution is 0.0105. The summed E-state index contributed by atoms with van der Waals surface area (Å²) in [5.74, 6) is 0. The Bertz CT molecular complexity index is 633. The Morgan fingerprint density at radius 3 is 2.86 bits per heavy atom. The molecule has 3 heterocycles. The Morgan fingerprint density at radius 2 is 2.10 bits per heavy atom. The highest BCUT2D eigenvalue weighted by molar-refractivity contribution is 7.98. The molecule has 0 saturated carbocycles. The van der Waals surface area contributed by atoms with Crippen LogP contribution >= 0.6 is 23.1 Å². The number of thiazole rings is 1. The van der Waals surface area contributed by atoms with Crippen LogP contribution in [0.3, 0.4) is 0 Å². The maximum atomic E-state index is 5.42. The van der Waals surface area contributed by atoms with E-state index >= 15 is 0 Å². The standard InChI is InChI=1S/C15H19N3OS2/c1-20-12-2-3-13-14(8-12)21-15(16-13)18-9-11(10-18)17-4-6-19-7-5-17/h2-3,8,11H,4-7,9-10H2,1H3. The largest absolute Gasteiger partial charge is 0.379 e. The number of hydrogen-bond acceptors (Lipinski definition) is 6. The van der Waals surface area contributed by atoms with E-state index in [1.165, 1.54) is 14.7 Å². The molecule has 0 N–H and O–H groups in total. The molecule has 0 aliphatic carbocycles. The maximum absolute atomic E-state index is 5.42. The molecule has 2 fully saturated rings. The SMILES string of the molecule is CSc1ccc2nc(N3CC(N4CCOCC4)C3)sc2c1. The molecule has 21 heavy (non-hydrogen) atoms. The molecule has 2 aromatic rings. The molecular weight excluding hydrogens is 302 g/mol. The first-order valence-electron chi connectivity index (χ1n) is 7.35. The number of thioether (sulfide) groups is 1. The van der Waals surface area contributed by atoms with Gasteiger partial charge in [0.1, 0.15) is 0 Å². The molecule has 0 atom stereocenters. The summed E-state index contributed by atoms with van der Waals surface area (Å²) >= 11 is 3.60. The summed E-state index contributed by atoms with van der Waals surface area (Å²) in [5.41, 5.74) is 1.13. The molecule has 0 unspecified atom stereocenters. The van der Waals surface area contributed by atoms with Crippen molar-refractivity contribution in [3.05, 3.63) is 18.2 Å². The minimum Gasteiger partial charge on any atom is -0.379 e. The fraction of sp³-hybridized carbons (Fsp3) is 0.533. The first-order chi connectivity index (χ1) is 10.3. The van der Waals surface area contributed by atoms with Crippen molar-refractivity contribution in [1.82, 2.24) is 9.88 Å². The van der Waals surface area contributed by atoms with Crippen molar-refractivity contribution in [2.24, 2.45) is 0 Å². The van der Waals surface area contributed by atoms with E-state index in [4.69, 9.17) is 9.72 Å². The van der Waals surface area contributed by atoms with E-state index in [1.807, 2.05) is 11.3 Å². The van der Waals surface area contributed by atoms with E-state index in [-0.39, 0.29) is 0 Å². The quantitative estimate of drug-likeness (QED) is 0.810. The summed E-state index contributed by atoms with van der Waals surface area (Å²) < 4.78 is 6.72. The van der Waals surface area contributed by atoms with Gasteiger partial charge in [-0.3, -0.25) is 4.90 Å². The highest BCUT2D eigenvalue weighted by Crippen LogP contribution is 2.34. The van der Waals surface area contributed by atoms with Crippen molar-refractivity contribution in [3.63, 3.8) is 0 Å². The van der Waals surface area contributed by atoms with Crippen LogP contribution in [0.5, 0.6) is 0 Å². The third-order valence-electron chi connectivity index (χ3n) is 4.28. The second-order valence-corrected chi connectivity index (χ2v) is 7.43. The second-order valence-electron chi connectivity index (χ2n) is 5.54. The fourth-order valence-corrected chi connectivity index (χ4v) is 4.48. The van der Waals surface area contributed by atoms with E-state index < -0.39 is 0 Å². The number of aromatic nitrogens is 1. The smallest absolute Gasteiger partial charge is 0.186 e. The lowest BCUT2D eigenvalue weighted by Crippen LogP contribution is -2.61.